The van der Waals surface area contributed by atoms with Crippen LogP contribution >= 0.6 is 0 Å². The Bertz CT molecular complexity index is 985. The third kappa shape index (κ3) is 4.56. The van der Waals surface area contributed by atoms with Gasteiger partial charge >= 0.3 is 0 Å². The molecule has 0 unspecified atom stereocenters. The number of methoxy groups -OCH3 is 2. The first kappa shape index (κ1) is 22.4. The van der Waals surface area contributed by atoms with E-state index in [1.54, 1.807) is 23.1 Å². The predicted octanol–water partition coefficient (Wildman–Crippen LogP) is 3.08. The molecule has 1 amide bonds. The van der Waals surface area contributed by atoms with Crippen molar-refractivity contribution in [3.05, 3.63) is 65.2 Å². The van der Waals surface area contributed by atoms with Gasteiger partial charge in [0.25, 0.3) is 11.7 Å². The molecular weight excluding hydrogens is 396 g/mol. The second-order valence-electron chi connectivity index (χ2n) is 7.63. The summed E-state index contributed by atoms with van der Waals surface area (Å²) in [6.07, 6.45) is 0.708. The van der Waals surface area contributed by atoms with Gasteiger partial charge in [-0.05, 0) is 50.8 Å². The van der Waals surface area contributed by atoms with E-state index in [4.69, 9.17) is 9.47 Å². The smallest absolute Gasteiger partial charge is 0.295 e. The van der Waals surface area contributed by atoms with E-state index in [9.17, 15) is 14.7 Å². The largest absolute Gasteiger partial charge is 0.507 e. The van der Waals surface area contributed by atoms with Crippen molar-refractivity contribution in [3.63, 3.8) is 0 Å². The molecule has 2 aromatic carbocycles. The van der Waals surface area contributed by atoms with Crippen molar-refractivity contribution < 1.29 is 24.2 Å². The lowest BCUT2D eigenvalue weighted by molar-refractivity contribution is -0.139. The van der Waals surface area contributed by atoms with E-state index in [0.29, 0.717) is 30.0 Å². The van der Waals surface area contributed by atoms with Crippen molar-refractivity contribution in [3.8, 4) is 11.5 Å². The molecule has 7 nitrogen and oxygen atoms in total. The van der Waals surface area contributed by atoms with Crippen LogP contribution in [0.25, 0.3) is 5.76 Å². The van der Waals surface area contributed by atoms with Crippen molar-refractivity contribution in [2.75, 3.05) is 41.4 Å². The van der Waals surface area contributed by atoms with Gasteiger partial charge in [-0.3, -0.25) is 9.59 Å². The summed E-state index contributed by atoms with van der Waals surface area (Å²) >= 11 is 0. The van der Waals surface area contributed by atoms with Gasteiger partial charge in [-0.15, -0.1) is 0 Å². The number of nitrogens with zero attached hydrogens (tertiary/aromatic N) is 2. The zero-order valence-corrected chi connectivity index (χ0v) is 18.3. The van der Waals surface area contributed by atoms with E-state index in [-0.39, 0.29) is 11.3 Å². The molecule has 31 heavy (non-hydrogen) atoms. The van der Waals surface area contributed by atoms with Gasteiger partial charge in [-0.1, -0.05) is 30.3 Å². The number of likely N-dealkylation sites (tertiary alicyclic amines) is 1. The Kier molecular flexibility index (Phi) is 6.97. The number of carbonyl (C=O) groups is 2. The maximum atomic E-state index is 13.0. The lowest BCUT2D eigenvalue weighted by Gasteiger charge is -2.26. The van der Waals surface area contributed by atoms with Gasteiger partial charge in [0.15, 0.2) is 11.5 Å². The van der Waals surface area contributed by atoms with Crippen LogP contribution in [0.4, 0.5) is 0 Å². The average Bonchev–Trinajstić information content (AvgIpc) is 3.03. The molecule has 0 saturated carbocycles. The summed E-state index contributed by atoms with van der Waals surface area (Å²) in [5, 5.41) is 11.1. The molecule has 0 spiro atoms. The number of rotatable bonds is 8. The van der Waals surface area contributed by atoms with Gasteiger partial charge in [-0.25, -0.2) is 0 Å². The summed E-state index contributed by atoms with van der Waals surface area (Å²) in [5.41, 5.74) is 1.23. The van der Waals surface area contributed by atoms with Gasteiger partial charge in [-0.2, -0.15) is 0 Å². The van der Waals surface area contributed by atoms with Crippen LogP contribution in [0.3, 0.4) is 0 Å². The Morgan fingerprint density at radius 2 is 1.71 bits per heavy atom. The number of hydrogen-bond donors (Lipinski definition) is 1. The fourth-order valence-electron chi connectivity index (χ4n) is 3.79. The number of benzene rings is 2. The number of aliphatic hydroxyl groups excluding tert-OH is 1. The second-order valence-corrected chi connectivity index (χ2v) is 7.63. The van der Waals surface area contributed by atoms with Crippen molar-refractivity contribution in [1.82, 2.24) is 9.80 Å². The molecular formula is C24H28N2O5. The van der Waals surface area contributed by atoms with Gasteiger partial charge in [0.1, 0.15) is 5.76 Å². The van der Waals surface area contributed by atoms with Crippen LogP contribution in [0.2, 0.25) is 0 Å². The van der Waals surface area contributed by atoms with Crippen LogP contribution in [-0.4, -0.2) is 68.0 Å². The minimum Gasteiger partial charge on any atom is -0.507 e. The number of aliphatic hydroxyl groups is 1. The van der Waals surface area contributed by atoms with Crippen molar-refractivity contribution in [1.29, 1.82) is 0 Å². The quantitative estimate of drug-likeness (QED) is 0.399. The Balaban J connectivity index is 2.09. The van der Waals surface area contributed by atoms with Crippen molar-refractivity contribution in [2.24, 2.45) is 0 Å². The maximum absolute atomic E-state index is 13.0. The normalized spacial score (nSPS) is 18.0. The Hall–Kier alpha value is -3.32. The number of amides is 1. The third-order valence-corrected chi connectivity index (χ3v) is 5.32. The van der Waals surface area contributed by atoms with Crippen molar-refractivity contribution in [2.45, 2.75) is 12.5 Å². The van der Waals surface area contributed by atoms with Crippen LogP contribution in [0.1, 0.15) is 23.6 Å². The molecule has 1 N–H and O–H groups in total. The summed E-state index contributed by atoms with van der Waals surface area (Å²) in [5.74, 6) is -0.602. The van der Waals surface area contributed by atoms with Gasteiger partial charge in [0.2, 0.25) is 0 Å². The molecule has 0 bridgehead atoms. The monoisotopic (exact) mass is 424 g/mol. The minimum atomic E-state index is -0.689. The molecule has 0 aromatic heterocycles. The first-order chi connectivity index (χ1) is 14.9. The first-order valence-electron chi connectivity index (χ1n) is 10.1. The zero-order chi connectivity index (χ0) is 22.5. The van der Waals surface area contributed by atoms with Crippen LogP contribution in [0.15, 0.2) is 54.1 Å². The third-order valence-electron chi connectivity index (χ3n) is 5.32. The summed E-state index contributed by atoms with van der Waals surface area (Å²) in [6.45, 7) is 1.19. The molecule has 164 valence electrons. The molecule has 1 atom stereocenters. The summed E-state index contributed by atoms with van der Waals surface area (Å²) in [6, 6.07) is 13.5. The van der Waals surface area contributed by atoms with Crippen LogP contribution < -0.4 is 9.47 Å². The number of carbonyl (C=O) groups excluding carboxylic acids is 2. The van der Waals surface area contributed by atoms with Crippen molar-refractivity contribution >= 4 is 17.4 Å². The fourth-order valence-corrected chi connectivity index (χ4v) is 3.79. The van der Waals surface area contributed by atoms with Gasteiger partial charge in [0.05, 0.1) is 25.8 Å². The molecule has 1 aliphatic rings. The average molecular weight is 424 g/mol. The first-order valence-corrected chi connectivity index (χ1v) is 10.1. The van der Waals surface area contributed by atoms with Gasteiger partial charge < -0.3 is 24.4 Å². The minimum absolute atomic E-state index is 0.0771. The highest BCUT2D eigenvalue weighted by molar-refractivity contribution is 6.46. The predicted molar refractivity (Wildman–Crippen MR) is 118 cm³/mol. The molecule has 0 radical (unpaired) electrons. The Morgan fingerprint density at radius 1 is 1.03 bits per heavy atom. The molecule has 2 aromatic rings. The second kappa shape index (κ2) is 9.66. The molecule has 1 aliphatic heterocycles. The SMILES string of the molecule is COc1ccc(/C(O)=C2\C(=O)C(=O)N(CCCN(C)C)[C@H]2c2ccccc2)cc1OC. The van der Waals surface area contributed by atoms with E-state index >= 15 is 0 Å². The number of ether oxygens (including phenoxy) is 2. The van der Waals surface area contributed by atoms with E-state index in [1.807, 2.05) is 49.3 Å². The Morgan fingerprint density at radius 3 is 2.32 bits per heavy atom. The lowest BCUT2D eigenvalue weighted by Crippen LogP contribution is -2.32. The molecule has 1 saturated heterocycles. The fraction of sp³-hybridized carbons (Fsp3) is 0.333. The Labute approximate surface area is 182 Å². The molecule has 1 fully saturated rings. The molecule has 1 heterocycles. The lowest BCUT2D eigenvalue weighted by atomic mass is 9.95. The summed E-state index contributed by atoms with van der Waals surface area (Å²) in [4.78, 5) is 29.5. The van der Waals surface area contributed by atoms with E-state index in [2.05, 4.69) is 0 Å². The highest BCUT2D eigenvalue weighted by Gasteiger charge is 2.45. The highest BCUT2D eigenvalue weighted by atomic mass is 16.5. The molecule has 0 aliphatic carbocycles. The summed E-state index contributed by atoms with van der Waals surface area (Å²) in [7, 11) is 6.93. The van der Waals surface area contributed by atoms with Crippen LogP contribution in [-0.2, 0) is 9.59 Å². The number of hydrogen-bond acceptors (Lipinski definition) is 6. The molecule has 7 heteroatoms. The standard InChI is InChI=1S/C24H28N2O5/c1-25(2)13-8-14-26-21(16-9-6-5-7-10-16)20(23(28)24(26)29)22(27)17-11-12-18(30-3)19(15-17)31-4/h5-7,9-12,15,21,27H,8,13-14H2,1-4H3/b22-20+/t21-/m0/s1. The maximum Gasteiger partial charge on any atom is 0.295 e. The van der Waals surface area contributed by atoms with Crippen LogP contribution in [0, 0.1) is 0 Å². The van der Waals surface area contributed by atoms with Gasteiger partial charge in [0, 0.05) is 12.1 Å². The highest BCUT2D eigenvalue weighted by Crippen LogP contribution is 2.40. The zero-order valence-electron chi connectivity index (χ0n) is 18.3. The van der Waals surface area contributed by atoms with E-state index in [0.717, 1.165) is 12.1 Å². The number of ketones is 1. The van der Waals surface area contributed by atoms with E-state index in [1.165, 1.54) is 14.2 Å². The topological polar surface area (TPSA) is 79.3 Å². The molecule has 3 rings (SSSR count). The van der Waals surface area contributed by atoms with E-state index < -0.39 is 17.7 Å². The number of Topliss-reactive ketones (excluding diaryl/α,β-unsaturated/α-hetero) is 1. The van der Waals surface area contributed by atoms with Crippen LogP contribution in [0.5, 0.6) is 11.5 Å². The summed E-state index contributed by atoms with van der Waals surface area (Å²) < 4.78 is 10.6.